The van der Waals surface area contributed by atoms with Gasteiger partial charge in [-0.25, -0.2) is 4.98 Å². The Labute approximate surface area is 90.7 Å². The van der Waals surface area contributed by atoms with E-state index in [0.717, 1.165) is 10.3 Å². The lowest BCUT2D eigenvalue weighted by atomic mass is 10.5. The monoisotopic (exact) mass is 227 g/mol. The third-order valence-electron chi connectivity index (χ3n) is 2.11. The van der Waals surface area contributed by atoms with Crippen molar-refractivity contribution in [2.45, 2.75) is 13.1 Å². The van der Waals surface area contributed by atoms with Crippen LogP contribution < -0.4 is 5.32 Å². The van der Waals surface area contributed by atoms with Crippen LogP contribution in [0.3, 0.4) is 0 Å². The molecule has 2 heterocycles. The Bertz CT molecular complexity index is 462. The Morgan fingerprint density at radius 1 is 1.50 bits per heavy atom. The molecule has 0 amide bonds. The highest BCUT2D eigenvalue weighted by atomic mass is 19.3. The van der Waals surface area contributed by atoms with Crippen molar-refractivity contribution in [2.24, 2.45) is 7.05 Å². The lowest BCUT2D eigenvalue weighted by molar-refractivity contribution is 0.0673. The fourth-order valence-electron chi connectivity index (χ4n) is 1.35. The zero-order valence-corrected chi connectivity index (χ0v) is 8.64. The predicted octanol–water partition coefficient (Wildman–Crippen LogP) is 1.62. The summed E-state index contributed by atoms with van der Waals surface area (Å²) in [6, 6.07) is 0. The molecular formula is C9H11F2N5. The maximum atomic E-state index is 12.5. The lowest BCUT2D eigenvalue weighted by Crippen LogP contribution is -2.08. The normalized spacial score (nSPS) is 11.0. The van der Waals surface area contributed by atoms with Crippen LogP contribution in [0.2, 0.25) is 0 Å². The molecular weight excluding hydrogens is 216 g/mol. The number of hydrogen-bond acceptors (Lipinski definition) is 3. The molecule has 0 bridgehead atoms. The molecule has 0 saturated carbocycles. The van der Waals surface area contributed by atoms with Gasteiger partial charge >= 0.3 is 6.55 Å². The van der Waals surface area contributed by atoms with Gasteiger partial charge in [-0.05, 0) is 0 Å². The molecule has 0 unspecified atom stereocenters. The van der Waals surface area contributed by atoms with E-state index in [2.05, 4.69) is 15.4 Å². The summed E-state index contributed by atoms with van der Waals surface area (Å²) in [6.07, 6.45) is 5.99. The van der Waals surface area contributed by atoms with Crippen LogP contribution in [0.4, 0.5) is 14.5 Å². The standard InChI is InChI=1S/C9H11F2N5/c1-15-6-7(4-14-15)13-5-8-12-2-3-16(8)9(10)11/h2-4,6,9,13H,5H2,1H3. The Kier molecular flexibility index (Phi) is 2.84. The molecule has 0 radical (unpaired) electrons. The van der Waals surface area contributed by atoms with E-state index in [9.17, 15) is 8.78 Å². The number of rotatable bonds is 4. The summed E-state index contributed by atoms with van der Waals surface area (Å²) in [5, 5.41) is 6.92. The molecule has 0 aliphatic heterocycles. The first kappa shape index (κ1) is 10.6. The lowest BCUT2D eigenvalue weighted by Gasteiger charge is -2.06. The Morgan fingerprint density at radius 2 is 2.31 bits per heavy atom. The van der Waals surface area contributed by atoms with E-state index in [1.54, 1.807) is 24.1 Å². The summed E-state index contributed by atoms with van der Waals surface area (Å²) in [5.41, 5.74) is 0.770. The van der Waals surface area contributed by atoms with Gasteiger partial charge in [0.05, 0.1) is 18.4 Å². The number of anilines is 1. The molecule has 0 atom stereocenters. The van der Waals surface area contributed by atoms with Gasteiger partial charge in [0.2, 0.25) is 0 Å². The second-order valence-electron chi connectivity index (χ2n) is 3.28. The van der Waals surface area contributed by atoms with Crippen LogP contribution >= 0.6 is 0 Å². The molecule has 2 rings (SSSR count). The molecule has 0 saturated heterocycles. The van der Waals surface area contributed by atoms with Gasteiger partial charge in [0, 0.05) is 25.6 Å². The predicted molar refractivity (Wildman–Crippen MR) is 54.0 cm³/mol. The zero-order valence-electron chi connectivity index (χ0n) is 8.64. The summed E-state index contributed by atoms with van der Waals surface area (Å²) in [6.45, 7) is -2.32. The van der Waals surface area contributed by atoms with E-state index < -0.39 is 6.55 Å². The minimum Gasteiger partial charge on any atom is -0.375 e. The fourth-order valence-corrected chi connectivity index (χ4v) is 1.35. The van der Waals surface area contributed by atoms with Gasteiger partial charge in [0.1, 0.15) is 5.82 Å². The molecule has 0 spiro atoms. The summed E-state index contributed by atoms with van der Waals surface area (Å²) >= 11 is 0. The Hall–Kier alpha value is -1.92. The molecule has 2 aromatic rings. The van der Waals surface area contributed by atoms with Gasteiger partial charge in [-0.15, -0.1) is 0 Å². The number of nitrogens with one attached hydrogen (secondary N) is 1. The van der Waals surface area contributed by atoms with Gasteiger partial charge in [0.15, 0.2) is 0 Å². The number of aryl methyl sites for hydroxylation is 1. The van der Waals surface area contributed by atoms with E-state index >= 15 is 0 Å². The second kappa shape index (κ2) is 4.30. The van der Waals surface area contributed by atoms with Crippen LogP contribution in [0.15, 0.2) is 24.8 Å². The largest absolute Gasteiger partial charge is 0.375 e. The van der Waals surface area contributed by atoms with Crippen LogP contribution in [-0.4, -0.2) is 19.3 Å². The summed E-state index contributed by atoms with van der Waals surface area (Å²) < 4.78 is 27.4. The quantitative estimate of drug-likeness (QED) is 0.863. The fraction of sp³-hybridized carbons (Fsp3) is 0.333. The number of imidazole rings is 1. The number of halogens is 2. The van der Waals surface area contributed by atoms with Crippen molar-refractivity contribution in [2.75, 3.05) is 5.32 Å². The van der Waals surface area contributed by atoms with E-state index in [1.807, 2.05) is 0 Å². The van der Waals surface area contributed by atoms with Crippen LogP contribution in [0, 0.1) is 0 Å². The maximum Gasteiger partial charge on any atom is 0.319 e. The van der Waals surface area contributed by atoms with E-state index in [4.69, 9.17) is 0 Å². The van der Waals surface area contributed by atoms with Gasteiger partial charge in [-0.2, -0.15) is 13.9 Å². The van der Waals surface area contributed by atoms with Crippen LogP contribution in [-0.2, 0) is 13.6 Å². The molecule has 0 aliphatic rings. The minimum atomic E-state index is -2.56. The SMILES string of the molecule is Cn1cc(NCc2nccn2C(F)F)cn1. The number of hydrogen-bond donors (Lipinski definition) is 1. The van der Waals surface area contributed by atoms with E-state index in [-0.39, 0.29) is 6.54 Å². The molecule has 0 fully saturated rings. The molecule has 86 valence electrons. The molecule has 16 heavy (non-hydrogen) atoms. The topological polar surface area (TPSA) is 47.7 Å². The van der Waals surface area contributed by atoms with Crippen LogP contribution in [0.1, 0.15) is 12.4 Å². The summed E-state index contributed by atoms with van der Waals surface area (Å²) in [5.74, 6) is 0.291. The second-order valence-corrected chi connectivity index (χ2v) is 3.28. The number of aromatic nitrogens is 4. The Morgan fingerprint density at radius 3 is 2.94 bits per heavy atom. The van der Waals surface area contributed by atoms with Gasteiger partial charge < -0.3 is 5.32 Å². The number of nitrogens with zero attached hydrogens (tertiary/aromatic N) is 4. The molecule has 0 aromatic carbocycles. The van der Waals surface area contributed by atoms with Gasteiger partial charge in [-0.1, -0.05) is 0 Å². The van der Waals surface area contributed by atoms with E-state index in [0.29, 0.717) is 5.82 Å². The first-order valence-corrected chi connectivity index (χ1v) is 4.69. The summed E-state index contributed by atoms with van der Waals surface area (Å²) in [7, 11) is 1.78. The first-order chi connectivity index (χ1) is 7.66. The molecule has 0 aliphatic carbocycles. The average Bonchev–Trinajstić information content (AvgIpc) is 2.83. The summed E-state index contributed by atoms with van der Waals surface area (Å²) in [4.78, 5) is 3.85. The van der Waals surface area contributed by atoms with E-state index in [1.165, 1.54) is 12.4 Å². The highest BCUT2D eigenvalue weighted by molar-refractivity contribution is 5.38. The molecule has 1 N–H and O–H groups in total. The first-order valence-electron chi connectivity index (χ1n) is 4.69. The third kappa shape index (κ3) is 2.18. The third-order valence-corrected chi connectivity index (χ3v) is 2.11. The number of alkyl halides is 2. The zero-order chi connectivity index (χ0) is 11.5. The maximum absolute atomic E-state index is 12.5. The highest BCUT2D eigenvalue weighted by Crippen LogP contribution is 2.13. The van der Waals surface area contributed by atoms with Gasteiger partial charge in [-0.3, -0.25) is 9.25 Å². The van der Waals surface area contributed by atoms with Crippen molar-refractivity contribution < 1.29 is 8.78 Å². The van der Waals surface area contributed by atoms with Crippen molar-refractivity contribution >= 4 is 5.69 Å². The molecule has 7 heteroatoms. The highest BCUT2D eigenvalue weighted by Gasteiger charge is 2.10. The molecule has 5 nitrogen and oxygen atoms in total. The molecule has 2 aromatic heterocycles. The van der Waals surface area contributed by atoms with Crippen molar-refractivity contribution in [3.05, 3.63) is 30.6 Å². The van der Waals surface area contributed by atoms with Crippen molar-refractivity contribution in [1.29, 1.82) is 0 Å². The van der Waals surface area contributed by atoms with Crippen LogP contribution in [0.5, 0.6) is 0 Å². The van der Waals surface area contributed by atoms with Crippen molar-refractivity contribution in [1.82, 2.24) is 19.3 Å². The van der Waals surface area contributed by atoms with Crippen LogP contribution in [0.25, 0.3) is 0 Å². The van der Waals surface area contributed by atoms with Crippen molar-refractivity contribution in [3.63, 3.8) is 0 Å². The van der Waals surface area contributed by atoms with Crippen molar-refractivity contribution in [3.8, 4) is 0 Å². The van der Waals surface area contributed by atoms with Gasteiger partial charge in [0.25, 0.3) is 0 Å². The average molecular weight is 227 g/mol. The Balaban J connectivity index is 2.02. The smallest absolute Gasteiger partial charge is 0.319 e. The minimum absolute atomic E-state index is 0.239.